The van der Waals surface area contributed by atoms with Crippen molar-refractivity contribution in [2.75, 3.05) is 11.5 Å². The molecule has 1 aliphatic heterocycles. The number of fused-ring (bicyclic) bond motifs is 1. The summed E-state index contributed by atoms with van der Waals surface area (Å²) in [5, 5.41) is 13.0. The maximum Gasteiger partial charge on any atom is 0.387 e. The highest BCUT2D eigenvalue weighted by atomic mass is 32.2. The van der Waals surface area contributed by atoms with Gasteiger partial charge in [-0.1, -0.05) is 6.07 Å². The van der Waals surface area contributed by atoms with Crippen molar-refractivity contribution in [2.45, 2.75) is 51.8 Å². The number of benzene rings is 2. The average Bonchev–Trinajstić information content (AvgIpc) is 3.12. The highest BCUT2D eigenvalue weighted by Gasteiger charge is 2.35. The zero-order valence-electron chi connectivity index (χ0n) is 20.5. The fourth-order valence-electron chi connectivity index (χ4n) is 4.60. The Bertz CT molecular complexity index is 1570. The van der Waals surface area contributed by atoms with Gasteiger partial charge >= 0.3 is 12.3 Å². The highest BCUT2D eigenvalue weighted by Crippen LogP contribution is 2.29. The predicted molar refractivity (Wildman–Crippen MR) is 133 cm³/mol. The molecule has 4 rings (SSSR count). The minimum absolute atomic E-state index is 0.0217. The number of nitrogens with zero attached hydrogens (tertiary/aromatic N) is 3. The number of halogens is 2. The Hall–Kier alpha value is -3.72. The lowest BCUT2D eigenvalue weighted by atomic mass is 9.93. The number of imidazole rings is 1. The van der Waals surface area contributed by atoms with Gasteiger partial charge in [0.25, 0.3) is 5.91 Å². The molecule has 3 aromatic rings. The summed E-state index contributed by atoms with van der Waals surface area (Å²) in [5.41, 5.74) is -0.457. The predicted octanol–water partition coefficient (Wildman–Crippen LogP) is 3.54. The summed E-state index contributed by atoms with van der Waals surface area (Å²) in [4.78, 5) is 26.8. The molecule has 2 heterocycles. The Morgan fingerprint density at radius 3 is 2.46 bits per heavy atom. The highest BCUT2D eigenvalue weighted by molar-refractivity contribution is 7.91. The molecule has 1 amide bonds. The monoisotopic (exact) mass is 532 g/mol. The SMILES string of the molecule is CC(C)n1c(=O)n(-c2cccc(OC(F)F)c2)c2ccc(C(=O)NC3(C)CCS(=O)(=O)CC3)c(C#N)c21. The van der Waals surface area contributed by atoms with Crippen LogP contribution in [-0.4, -0.2) is 47.1 Å². The van der Waals surface area contributed by atoms with Gasteiger partial charge in [0, 0.05) is 17.6 Å². The van der Waals surface area contributed by atoms with Crippen LogP contribution in [0.4, 0.5) is 8.78 Å². The molecule has 0 radical (unpaired) electrons. The van der Waals surface area contributed by atoms with Gasteiger partial charge in [0.05, 0.1) is 39.4 Å². The molecule has 0 atom stereocenters. The molecule has 9 nitrogen and oxygen atoms in total. The van der Waals surface area contributed by atoms with Crippen LogP contribution >= 0.6 is 0 Å². The minimum Gasteiger partial charge on any atom is -0.435 e. The first-order valence-corrected chi connectivity index (χ1v) is 13.5. The molecule has 12 heteroatoms. The fraction of sp³-hybridized carbons (Fsp3) is 0.400. The first-order chi connectivity index (χ1) is 17.4. The molecule has 2 aromatic carbocycles. The van der Waals surface area contributed by atoms with Crippen molar-refractivity contribution >= 4 is 26.8 Å². The van der Waals surface area contributed by atoms with Gasteiger partial charge in [-0.05, 0) is 57.9 Å². The molecule has 1 saturated heterocycles. The van der Waals surface area contributed by atoms with E-state index in [9.17, 15) is 32.0 Å². The second-order valence-corrected chi connectivity index (χ2v) is 11.9. The number of nitriles is 1. The molecule has 1 aliphatic rings. The molecule has 1 fully saturated rings. The van der Waals surface area contributed by atoms with Crippen LogP contribution in [0.5, 0.6) is 5.75 Å². The van der Waals surface area contributed by atoms with E-state index < -0.39 is 39.6 Å². The molecule has 0 aliphatic carbocycles. The molecule has 1 N–H and O–H groups in total. The van der Waals surface area contributed by atoms with Crippen LogP contribution in [0.1, 0.15) is 55.6 Å². The first-order valence-electron chi connectivity index (χ1n) is 11.6. The number of hydrogen-bond acceptors (Lipinski definition) is 6. The number of alkyl halides is 2. The number of nitrogens with one attached hydrogen (secondary N) is 1. The van der Waals surface area contributed by atoms with Gasteiger partial charge in [-0.25, -0.2) is 13.2 Å². The van der Waals surface area contributed by atoms with E-state index >= 15 is 0 Å². The molecule has 0 bridgehead atoms. The van der Waals surface area contributed by atoms with Gasteiger partial charge in [0.2, 0.25) is 0 Å². The van der Waals surface area contributed by atoms with E-state index in [2.05, 4.69) is 16.1 Å². The van der Waals surface area contributed by atoms with E-state index in [-0.39, 0.29) is 52.4 Å². The van der Waals surface area contributed by atoms with Crippen molar-refractivity contribution < 1.29 is 26.7 Å². The van der Waals surface area contributed by atoms with Gasteiger partial charge < -0.3 is 10.1 Å². The van der Waals surface area contributed by atoms with Crippen LogP contribution in [0.15, 0.2) is 41.2 Å². The Labute approximate surface area is 212 Å². The average molecular weight is 533 g/mol. The summed E-state index contributed by atoms with van der Waals surface area (Å²) in [5.74, 6) is -0.775. The number of sulfone groups is 1. The second-order valence-electron chi connectivity index (χ2n) is 9.59. The lowest BCUT2D eigenvalue weighted by molar-refractivity contribution is -0.0498. The molecule has 1 aromatic heterocycles. The van der Waals surface area contributed by atoms with Crippen molar-refractivity contribution in [1.82, 2.24) is 14.5 Å². The van der Waals surface area contributed by atoms with Gasteiger partial charge in [0.15, 0.2) is 0 Å². The summed E-state index contributed by atoms with van der Waals surface area (Å²) >= 11 is 0. The molecular weight excluding hydrogens is 506 g/mol. The number of carbonyl (C=O) groups is 1. The number of amides is 1. The zero-order chi connectivity index (χ0) is 27.1. The van der Waals surface area contributed by atoms with E-state index in [1.807, 2.05) is 0 Å². The van der Waals surface area contributed by atoms with Gasteiger partial charge in [0.1, 0.15) is 21.7 Å². The normalized spacial score (nSPS) is 16.6. The molecule has 37 heavy (non-hydrogen) atoms. The standard InChI is InChI=1S/C25H26F2N4O5S/c1-15(2)30-21-19(14-28)18(22(32)29-25(3)9-11-37(34,35)12-10-25)7-8-20(21)31(24(30)33)16-5-4-6-17(13-16)36-23(26)27/h4-8,13,15,23H,9-12H2,1-3H3,(H,29,32). The van der Waals surface area contributed by atoms with E-state index in [1.54, 1.807) is 26.8 Å². The van der Waals surface area contributed by atoms with Crippen molar-refractivity contribution in [3.05, 3.63) is 58.0 Å². The number of carbonyl (C=O) groups excluding carboxylic acids is 1. The van der Waals surface area contributed by atoms with Crippen molar-refractivity contribution in [2.24, 2.45) is 0 Å². The summed E-state index contributed by atoms with van der Waals surface area (Å²) in [6.07, 6.45) is 0.491. The number of hydrogen-bond donors (Lipinski definition) is 1. The minimum atomic E-state index is -3.14. The van der Waals surface area contributed by atoms with Gasteiger partial charge in [-0.2, -0.15) is 14.0 Å². The maximum absolute atomic E-state index is 13.5. The third kappa shape index (κ3) is 5.09. The van der Waals surface area contributed by atoms with E-state index in [0.717, 1.165) is 0 Å². The van der Waals surface area contributed by atoms with E-state index in [0.29, 0.717) is 5.52 Å². The molecule has 0 spiro atoms. The van der Waals surface area contributed by atoms with Crippen LogP contribution in [0.25, 0.3) is 16.7 Å². The summed E-state index contributed by atoms with van der Waals surface area (Å²) in [6.45, 7) is 2.22. The van der Waals surface area contributed by atoms with Crippen LogP contribution in [-0.2, 0) is 9.84 Å². The van der Waals surface area contributed by atoms with E-state index in [4.69, 9.17) is 0 Å². The topological polar surface area (TPSA) is 123 Å². The molecule has 196 valence electrons. The molecule has 0 saturated carbocycles. The Morgan fingerprint density at radius 2 is 1.86 bits per heavy atom. The van der Waals surface area contributed by atoms with Gasteiger partial charge in [-0.15, -0.1) is 0 Å². The molecular formula is C25H26F2N4O5S. The maximum atomic E-state index is 13.5. The van der Waals surface area contributed by atoms with Crippen LogP contribution < -0.4 is 15.7 Å². The fourth-order valence-corrected chi connectivity index (χ4v) is 6.32. The summed E-state index contributed by atoms with van der Waals surface area (Å²) in [7, 11) is -3.14. The van der Waals surface area contributed by atoms with E-state index in [1.165, 1.54) is 39.5 Å². The lowest BCUT2D eigenvalue weighted by Gasteiger charge is -2.34. The zero-order valence-corrected chi connectivity index (χ0v) is 21.3. The number of aromatic nitrogens is 2. The van der Waals surface area contributed by atoms with Crippen molar-refractivity contribution in [3.8, 4) is 17.5 Å². The van der Waals surface area contributed by atoms with Crippen LogP contribution in [0.2, 0.25) is 0 Å². The second kappa shape index (κ2) is 9.63. The van der Waals surface area contributed by atoms with Crippen molar-refractivity contribution in [1.29, 1.82) is 5.26 Å². The Balaban J connectivity index is 1.85. The van der Waals surface area contributed by atoms with Crippen LogP contribution in [0, 0.1) is 11.3 Å². The third-order valence-electron chi connectivity index (χ3n) is 6.55. The Kier molecular flexibility index (Phi) is 6.85. The first kappa shape index (κ1) is 26.3. The number of ether oxygens (including phenoxy) is 1. The summed E-state index contributed by atoms with van der Waals surface area (Å²) < 4.78 is 56.3. The quantitative estimate of drug-likeness (QED) is 0.518. The number of rotatable bonds is 6. The Morgan fingerprint density at radius 1 is 1.19 bits per heavy atom. The molecule has 0 unspecified atom stereocenters. The van der Waals surface area contributed by atoms with Gasteiger partial charge in [-0.3, -0.25) is 13.9 Å². The lowest BCUT2D eigenvalue weighted by Crippen LogP contribution is -2.51. The third-order valence-corrected chi connectivity index (χ3v) is 8.21. The van der Waals surface area contributed by atoms with Crippen molar-refractivity contribution in [3.63, 3.8) is 0 Å². The smallest absolute Gasteiger partial charge is 0.387 e. The summed E-state index contributed by atoms with van der Waals surface area (Å²) in [6, 6.07) is 10.3. The largest absolute Gasteiger partial charge is 0.435 e. The van der Waals surface area contributed by atoms with Crippen LogP contribution in [0.3, 0.4) is 0 Å².